The second-order valence-electron chi connectivity index (χ2n) is 8.59. The molecule has 0 fully saturated rings. The van der Waals surface area contributed by atoms with Gasteiger partial charge in [-0.2, -0.15) is 18.0 Å². The number of sulfonamides is 1. The molecule has 1 unspecified atom stereocenters. The Balaban J connectivity index is 1.81. The van der Waals surface area contributed by atoms with Crippen molar-refractivity contribution in [2.45, 2.75) is 28.1 Å². The van der Waals surface area contributed by atoms with E-state index in [4.69, 9.17) is 4.18 Å². The quantitative estimate of drug-likeness (QED) is 0.129. The fraction of sp³-hybridized carbons (Fsp3) is 0.148. The third-order valence-corrected chi connectivity index (χ3v) is 10.5. The van der Waals surface area contributed by atoms with E-state index in [0.717, 1.165) is 21.7 Å². The predicted molar refractivity (Wildman–Crippen MR) is 148 cm³/mol. The van der Waals surface area contributed by atoms with Crippen LogP contribution in [0.1, 0.15) is 16.7 Å². The standard InChI is InChI=1S/C27H23N3O7S3/c28-18-22-13-14-26(30(31)32)23(16-22)19-29(39(33,34)27-12-7-15-38-27)24(17-21-8-3-1-4-9-21)20-37-40(35,36)25-10-5-2-6-11-25/h1-16,24H,17,19-20H2. The van der Waals surface area contributed by atoms with Crippen molar-refractivity contribution in [2.75, 3.05) is 6.61 Å². The molecule has 0 amide bonds. The average Bonchev–Trinajstić information content (AvgIpc) is 3.51. The van der Waals surface area contributed by atoms with E-state index in [-0.39, 0.29) is 32.3 Å². The summed E-state index contributed by atoms with van der Waals surface area (Å²) < 4.78 is 60.2. The molecule has 206 valence electrons. The van der Waals surface area contributed by atoms with Gasteiger partial charge in [0.15, 0.2) is 0 Å². The van der Waals surface area contributed by atoms with Gasteiger partial charge in [0.2, 0.25) is 0 Å². The molecule has 0 aliphatic heterocycles. The largest absolute Gasteiger partial charge is 0.297 e. The van der Waals surface area contributed by atoms with E-state index >= 15 is 0 Å². The summed E-state index contributed by atoms with van der Waals surface area (Å²) in [6.45, 7) is -1.07. The highest BCUT2D eigenvalue weighted by atomic mass is 32.2. The van der Waals surface area contributed by atoms with Gasteiger partial charge in [-0.1, -0.05) is 54.6 Å². The van der Waals surface area contributed by atoms with Gasteiger partial charge in [0.05, 0.1) is 34.1 Å². The molecule has 10 nitrogen and oxygen atoms in total. The summed E-state index contributed by atoms with van der Waals surface area (Å²) >= 11 is 0.956. The van der Waals surface area contributed by atoms with Crippen molar-refractivity contribution in [3.05, 3.63) is 123 Å². The van der Waals surface area contributed by atoms with Crippen molar-refractivity contribution in [1.29, 1.82) is 5.26 Å². The zero-order chi connectivity index (χ0) is 28.8. The van der Waals surface area contributed by atoms with Crippen LogP contribution in [0, 0.1) is 21.4 Å². The van der Waals surface area contributed by atoms with E-state index in [9.17, 15) is 32.2 Å². The number of hydrogen-bond acceptors (Lipinski definition) is 9. The second-order valence-corrected chi connectivity index (χ2v) is 13.3. The first kappa shape index (κ1) is 29.1. The molecule has 1 aromatic heterocycles. The van der Waals surface area contributed by atoms with Crippen molar-refractivity contribution in [1.82, 2.24) is 4.31 Å². The maximum atomic E-state index is 14.0. The molecule has 1 atom stereocenters. The van der Waals surface area contributed by atoms with Crippen LogP contribution in [-0.4, -0.2) is 38.7 Å². The Morgan fingerprint density at radius 2 is 1.62 bits per heavy atom. The lowest BCUT2D eigenvalue weighted by atomic mass is 10.1. The monoisotopic (exact) mass is 597 g/mol. The lowest BCUT2D eigenvalue weighted by Gasteiger charge is -2.30. The van der Waals surface area contributed by atoms with Crippen LogP contribution in [0.15, 0.2) is 105 Å². The van der Waals surface area contributed by atoms with E-state index in [2.05, 4.69) is 0 Å². The van der Waals surface area contributed by atoms with Crippen LogP contribution < -0.4 is 0 Å². The van der Waals surface area contributed by atoms with Crippen molar-refractivity contribution >= 4 is 37.2 Å². The fourth-order valence-corrected chi connectivity index (χ4v) is 7.69. The highest BCUT2D eigenvalue weighted by Crippen LogP contribution is 2.30. The zero-order valence-electron chi connectivity index (χ0n) is 20.9. The fourth-order valence-electron chi connectivity index (χ4n) is 4.02. The van der Waals surface area contributed by atoms with Gasteiger partial charge in [-0.15, -0.1) is 11.3 Å². The van der Waals surface area contributed by atoms with Crippen LogP contribution in [0.2, 0.25) is 0 Å². The SMILES string of the molecule is N#Cc1ccc([N+](=O)[O-])c(CN(C(COS(=O)(=O)c2ccccc2)Cc2ccccc2)S(=O)(=O)c2cccs2)c1. The second kappa shape index (κ2) is 12.5. The Kier molecular flexibility index (Phi) is 9.08. The first-order valence-electron chi connectivity index (χ1n) is 11.8. The van der Waals surface area contributed by atoms with Gasteiger partial charge < -0.3 is 0 Å². The summed E-state index contributed by atoms with van der Waals surface area (Å²) in [7, 11) is -8.55. The third kappa shape index (κ3) is 6.79. The number of thiophene rings is 1. The molecule has 0 saturated heterocycles. The van der Waals surface area contributed by atoms with Crippen LogP contribution in [0.5, 0.6) is 0 Å². The Morgan fingerprint density at radius 1 is 0.950 bits per heavy atom. The Hall–Kier alpha value is -3.93. The summed E-state index contributed by atoms with van der Waals surface area (Å²) in [6.07, 6.45) is 0.0431. The minimum atomic E-state index is -4.30. The molecule has 4 rings (SSSR count). The molecule has 0 spiro atoms. The molecule has 13 heteroatoms. The summed E-state index contributed by atoms with van der Waals surface area (Å²) in [5.74, 6) is 0. The smallest absolute Gasteiger partial charge is 0.265 e. The molecule has 0 aliphatic carbocycles. The molecule has 0 N–H and O–H groups in total. The molecule has 0 aliphatic rings. The van der Waals surface area contributed by atoms with E-state index in [1.807, 2.05) is 6.07 Å². The first-order valence-corrected chi connectivity index (χ1v) is 15.6. The minimum Gasteiger partial charge on any atom is -0.265 e. The molecule has 0 saturated carbocycles. The Bertz CT molecular complexity index is 1720. The van der Waals surface area contributed by atoms with Gasteiger partial charge in [-0.05, 0) is 47.7 Å². The topological polar surface area (TPSA) is 148 Å². The summed E-state index contributed by atoms with van der Waals surface area (Å²) in [6, 6.07) is 23.7. The number of nitrogens with zero attached hydrogens (tertiary/aromatic N) is 3. The van der Waals surface area contributed by atoms with Crippen LogP contribution in [-0.2, 0) is 37.3 Å². The van der Waals surface area contributed by atoms with Gasteiger partial charge in [-0.25, -0.2) is 8.42 Å². The normalized spacial score (nSPS) is 12.6. The lowest BCUT2D eigenvalue weighted by Crippen LogP contribution is -2.44. The molecule has 3 aromatic carbocycles. The maximum Gasteiger partial charge on any atom is 0.297 e. The van der Waals surface area contributed by atoms with Crippen molar-refractivity contribution in [2.24, 2.45) is 0 Å². The van der Waals surface area contributed by atoms with Gasteiger partial charge in [0.25, 0.3) is 25.8 Å². The van der Waals surface area contributed by atoms with Crippen molar-refractivity contribution in [3.63, 3.8) is 0 Å². The van der Waals surface area contributed by atoms with Gasteiger partial charge in [0.1, 0.15) is 4.21 Å². The minimum absolute atomic E-state index is 0.0202. The van der Waals surface area contributed by atoms with Crippen LogP contribution in [0.25, 0.3) is 0 Å². The van der Waals surface area contributed by atoms with Gasteiger partial charge in [-0.3, -0.25) is 14.3 Å². The van der Waals surface area contributed by atoms with E-state index in [1.165, 1.54) is 42.5 Å². The van der Waals surface area contributed by atoms with Crippen molar-refractivity contribution < 1.29 is 25.9 Å². The van der Waals surface area contributed by atoms with E-state index in [0.29, 0.717) is 5.56 Å². The Labute approximate surface area is 236 Å². The van der Waals surface area contributed by atoms with Gasteiger partial charge in [0, 0.05) is 18.2 Å². The number of nitro groups is 1. The highest BCUT2D eigenvalue weighted by Gasteiger charge is 2.35. The number of nitriles is 1. The lowest BCUT2D eigenvalue weighted by molar-refractivity contribution is -0.385. The summed E-state index contributed by atoms with van der Waals surface area (Å²) in [4.78, 5) is 11.1. The average molecular weight is 598 g/mol. The highest BCUT2D eigenvalue weighted by molar-refractivity contribution is 7.91. The molecular formula is C27H23N3O7S3. The molecule has 0 radical (unpaired) electrons. The molecular weight excluding hydrogens is 575 g/mol. The van der Waals surface area contributed by atoms with Crippen LogP contribution in [0.4, 0.5) is 5.69 Å². The zero-order valence-corrected chi connectivity index (χ0v) is 23.3. The summed E-state index contributed by atoms with van der Waals surface area (Å²) in [5, 5.41) is 22.8. The molecule has 40 heavy (non-hydrogen) atoms. The summed E-state index contributed by atoms with van der Waals surface area (Å²) in [5.41, 5.74) is 0.409. The van der Waals surface area contributed by atoms with E-state index < -0.39 is 44.3 Å². The Morgan fingerprint density at radius 3 is 2.23 bits per heavy atom. The maximum absolute atomic E-state index is 14.0. The number of rotatable bonds is 12. The van der Waals surface area contributed by atoms with Crippen LogP contribution >= 0.6 is 11.3 Å². The first-order chi connectivity index (χ1) is 19.1. The number of hydrogen-bond donors (Lipinski definition) is 0. The molecule has 0 bridgehead atoms. The third-order valence-electron chi connectivity index (χ3n) is 5.96. The number of benzene rings is 3. The number of nitro benzene ring substituents is 1. The predicted octanol–water partition coefficient (Wildman–Crippen LogP) is 4.74. The van der Waals surface area contributed by atoms with Gasteiger partial charge >= 0.3 is 0 Å². The van der Waals surface area contributed by atoms with E-state index in [1.54, 1.807) is 47.8 Å². The molecule has 4 aromatic rings. The van der Waals surface area contributed by atoms with Crippen molar-refractivity contribution in [3.8, 4) is 6.07 Å². The molecule has 1 heterocycles. The van der Waals surface area contributed by atoms with Crippen LogP contribution in [0.3, 0.4) is 0 Å².